The Hall–Kier alpha value is -2.29. The van der Waals surface area contributed by atoms with E-state index in [1.165, 1.54) is 11.8 Å². The van der Waals surface area contributed by atoms with Crippen molar-refractivity contribution in [3.05, 3.63) is 75.5 Å². The van der Waals surface area contributed by atoms with Gasteiger partial charge in [0.15, 0.2) is 11.0 Å². The number of allylic oxidation sites excluding steroid dienone is 1. The number of carbonyl (C=O) groups is 1. The number of carbonyl (C=O) groups excluding carboxylic acids is 1. The lowest BCUT2D eigenvalue weighted by Gasteiger charge is -2.10. The number of hydrogen-bond donors (Lipinski definition) is 1. The summed E-state index contributed by atoms with van der Waals surface area (Å²) in [5.74, 6) is 1.42. The third-order valence-corrected chi connectivity index (χ3v) is 6.38. The van der Waals surface area contributed by atoms with Gasteiger partial charge in [-0.3, -0.25) is 9.36 Å². The third-order valence-electron chi connectivity index (χ3n) is 4.33. The zero-order valence-corrected chi connectivity index (χ0v) is 20.4. The molecule has 3 rings (SSSR count). The molecule has 0 aliphatic heterocycles. The predicted molar refractivity (Wildman–Crippen MR) is 129 cm³/mol. The van der Waals surface area contributed by atoms with Crippen molar-refractivity contribution in [2.45, 2.75) is 32.2 Å². The Morgan fingerprint density at radius 2 is 2.10 bits per heavy atom. The third kappa shape index (κ3) is 6.35. The highest BCUT2D eigenvalue weighted by molar-refractivity contribution is 9.10. The summed E-state index contributed by atoms with van der Waals surface area (Å²) in [7, 11) is 0. The molecule has 0 aliphatic carbocycles. The molecular weight excluding hydrogens is 500 g/mol. The first kappa shape index (κ1) is 23.4. The van der Waals surface area contributed by atoms with Gasteiger partial charge in [-0.15, -0.1) is 16.8 Å². The molecule has 0 aliphatic rings. The van der Waals surface area contributed by atoms with Crippen molar-refractivity contribution in [2.75, 3.05) is 11.1 Å². The Labute approximate surface area is 199 Å². The molecule has 31 heavy (non-hydrogen) atoms. The summed E-state index contributed by atoms with van der Waals surface area (Å²) >= 11 is 10.8. The van der Waals surface area contributed by atoms with E-state index in [4.69, 9.17) is 16.3 Å². The molecule has 0 radical (unpaired) electrons. The molecule has 0 saturated carbocycles. The molecule has 0 bridgehead atoms. The number of thioether (sulfide) groups is 1. The van der Waals surface area contributed by atoms with E-state index in [1.807, 2.05) is 48.7 Å². The average Bonchev–Trinajstić information content (AvgIpc) is 3.11. The van der Waals surface area contributed by atoms with Gasteiger partial charge in [-0.25, -0.2) is 0 Å². The van der Waals surface area contributed by atoms with Gasteiger partial charge >= 0.3 is 0 Å². The van der Waals surface area contributed by atoms with E-state index in [1.54, 1.807) is 12.1 Å². The monoisotopic (exact) mass is 520 g/mol. The number of anilines is 1. The van der Waals surface area contributed by atoms with Crippen LogP contribution in [0.4, 0.5) is 5.69 Å². The first-order valence-corrected chi connectivity index (χ1v) is 11.6. The van der Waals surface area contributed by atoms with Crippen LogP contribution in [-0.4, -0.2) is 26.4 Å². The maximum atomic E-state index is 12.4. The fourth-order valence-electron chi connectivity index (χ4n) is 2.74. The van der Waals surface area contributed by atoms with Crippen LogP contribution < -0.4 is 10.1 Å². The van der Waals surface area contributed by atoms with Gasteiger partial charge in [0.1, 0.15) is 12.4 Å². The van der Waals surface area contributed by atoms with Gasteiger partial charge in [0.05, 0.1) is 11.4 Å². The van der Waals surface area contributed by atoms with E-state index in [0.29, 0.717) is 28.3 Å². The van der Waals surface area contributed by atoms with Crippen molar-refractivity contribution in [1.82, 2.24) is 14.8 Å². The molecule has 0 spiro atoms. The van der Waals surface area contributed by atoms with E-state index < -0.39 is 0 Å². The van der Waals surface area contributed by atoms with Crippen LogP contribution in [0.5, 0.6) is 5.75 Å². The lowest BCUT2D eigenvalue weighted by molar-refractivity contribution is -0.113. The minimum absolute atomic E-state index is 0.128. The molecular formula is C22H22BrClN4O2S. The predicted octanol–water partition coefficient (Wildman–Crippen LogP) is 5.81. The Morgan fingerprint density at radius 1 is 1.29 bits per heavy atom. The maximum absolute atomic E-state index is 12.4. The zero-order valence-electron chi connectivity index (χ0n) is 17.2. The molecule has 2 aromatic carbocycles. The van der Waals surface area contributed by atoms with E-state index in [0.717, 1.165) is 21.3 Å². The molecule has 162 valence electrons. The van der Waals surface area contributed by atoms with Crippen molar-refractivity contribution in [3.63, 3.8) is 0 Å². The molecule has 1 N–H and O–H groups in total. The molecule has 0 atom stereocenters. The first-order chi connectivity index (χ1) is 14.9. The smallest absolute Gasteiger partial charge is 0.234 e. The molecule has 1 amide bonds. The number of benzene rings is 2. The number of nitrogens with zero attached hydrogens (tertiary/aromatic N) is 3. The molecule has 9 heteroatoms. The number of amides is 1. The fraction of sp³-hybridized carbons (Fsp3) is 0.227. The molecule has 0 fully saturated rings. The van der Waals surface area contributed by atoms with E-state index in [9.17, 15) is 4.79 Å². The number of aromatic nitrogens is 3. The topological polar surface area (TPSA) is 69.0 Å². The van der Waals surface area contributed by atoms with Crippen LogP contribution in [0.3, 0.4) is 0 Å². The standard InChI is InChI=1S/C22H22BrClN4O2S/c1-4-9-28-20(12-30-16-6-7-18(24)15(3)11-16)26-27-22(28)31-13-21(29)25-19-8-5-14(2)10-17(19)23/h4-8,10-11H,1,9,12-13H2,2-3H3,(H,25,29). The summed E-state index contributed by atoms with van der Waals surface area (Å²) in [4.78, 5) is 12.4. The Balaban J connectivity index is 1.63. The quantitative estimate of drug-likeness (QED) is 0.284. The SMILES string of the molecule is C=CCn1c(COc2ccc(Cl)c(C)c2)nnc1SCC(=O)Nc1ccc(C)cc1Br. The number of aryl methyl sites for hydroxylation is 2. The summed E-state index contributed by atoms with van der Waals surface area (Å²) in [6.45, 7) is 8.47. The van der Waals surface area contributed by atoms with Crippen molar-refractivity contribution in [1.29, 1.82) is 0 Å². The highest BCUT2D eigenvalue weighted by Crippen LogP contribution is 2.25. The molecule has 0 unspecified atom stereocenters. The number of hydrogen-bond acceptors (Lipinski definition) is 5. The van der Waals surface area contributed by atoms with Crippen LogP contribution in [0.15, 0.2) is 58.7 Å². The summed E-state index contributed by atoms with van der Waals surface area (Å²) in [5, 5.41) is 12.7. The van der Waals surface area contributed by atoms with Crippen molar-refractivity contribution in [3.8, 4) is 5.75 Å². The van der Waals surface area contributed by atoms with Crippen LogP contribution in [0.25, 0.3) is 0 Å². The number of rotatable bonds is 9. The van der Waals surface area contributed by atoms with Gasteiger partial charge in [-0.05, 0) is 71.2 Å². The maximum Gasteiger partial charge on any atom is 0.234 e. The molecule has 0 saturated heterocycles. The Morgan fingerprint density at radius 3 is 2.81 bits per heavy atom. The lowest BCUT2D eigenvalue weighted by atomic mass is 10.2. The lowest BCUT2D eigenvalue weighted by Crippen LogP contribution is -2.15. The Bertz CT molecular complexity index is 1100. The summed E-state index contributed by atoms with van der Waals surface area (Å²) in [6, 6.07) is 11.3. The minimum atomic E-state index is -0.128. The van der Waals surface area contributed by atoms with Crippen molar-refractivity contribution >= 4 is 50.9 Å². The van der Waals surface area contributed by atoms with E-state index in [2.05, 4.69) is 38.0 Å². The van der Waals surface area contributed by atoms with Gasteiger partial charge in [-0.1, -0.05) is 35.5 Å². The molecule has 6 nitrogen and oxygen atoms in total. The van der Waals surface area contributed by atoms with Gasteiger partial charge in [0.25, 0.3) is 0 Å². The van der Waals surface area contributed by atoms with Crippen molar-refractivity contribution in [2.24, 2.45) is 0 Å². The normalized spacial score (nSPS) is 10.7. The van der Waals surface area contributed by atoms with Gasteiger partial charge in [-0.2, -0.15) is 0 Å². The number of ether oxygens (including phenoxy) is 1. The fourth-order valence-corrected chi connectivity index (χ4v) is 4.21. The molecule has 3 aromatic rings. The van der Waals surface area contributed by atoms with Crippen LogP contribution in [0.1, 0.15) is 17.0 Å². The van der Waals surface area contributed by atoms with Crippen LogP contribution >= 0.6 is 39.3 Å². The number of nitrogens with one attached hydrogen (secondary N) is 1. The highest BCUT2D eigenvalue weighted by Gasteiger charge is 2.15. The summed E-state index contributed by atoms with van der Waals surface area (Å²) in [6.07, 6.45) is 1.76. The second-order valence-electron chi connectivity index (χ2n) is 6.82. The van der Waals surface area contributed by atoms with Crippen LogP contribution in [-0.2, 0) is 17.9 Å². The molecule has 1 aromatic heterocycles. The first-order valence-electron chi connectivity index (χ1n) is 9.48. The van der Waals surface area contributed by atoms with Gasteiger partial charge in [0.2, 0.25) is 5.91 Å². The van der Waals surface area contributed by atoms with Crippen LogP contribution in [0.2, 0.25) is 5.02 Å². The highest BCUT2D eigenvalue weighted by atomic mass is 79.9. The van der Waals surface area contributed by atoms with Crippen LogP contribution in [0, 0.1) is 13.8 Å². The average molecular weight is 522 g/mol. The summed E-state index contributed by atoms with van der Waals surface area (Å²) in [5.41, 5.74) is 2.78. The second-order valence-corrected chi connectivity index (χ2v) is 9.02. The van der Waals surface area contributed by atoms with Gasteiger partial charge in [0, 0.05) is 16.0 Å². The van der Waals surface area contributed by atoms with Crippen molar-refractivity contribution < 1.29 is 9.53 Å². The van der Waals surface area contributed by atoms with E-state index >= 15 is 0 Å². The second kappa shape index (κ2) is 10.8. The Kier molecular flexibility index (Phi) is 8.17. The zero-order chi connectivity index (χ0) is 22.4. The summed E-state index contributed by atoms with van der Waals surface area (Å²) < 4.78 is 8.57. The minimum Gasteiger partial charge on any atom is -0.486 e. The molecule has 1 heterocycles. The van der Waals surface area contributed by atoms with Gasteiger partial charge < -0.3 is 10.1 Å². The largest absolute Gasteiger partial charge is 0.486 e. The number of halogens is 2. The van der Waals surface area contributed by atoms with E-state index in [-0.39, 0.29) is 18.3 Å².